The summed E-state index contributed by atoms with van der Waals surface area (Å²) in [6.07, 6.45) is 4.23. The molecule has 1 amide bonds. The molecule has 0 spiro atoms. The first-order valence-corrected chi connectivity index (χ1v) is 5.05. The number of hydrogen-bond donors (Lipinski definition) is 2. The Morgan fingerprint density at radius 3 is 2.67 bits per heavy atom. The summed E-state index contributed by atoms with van der Waals surface area (Å²) in [6.45, 7) is 0. The van der Waals surface area contributed by atoms with E-state index in [9.17, 15) is 4.79 Å². The smallest absolute Gasteiger partial charge is 0.244 e. The molecule has 0 aliphatic heterocycles. The summed E-state index contributed by atoms with van der Waals surface area (Å²) in [5.41, 5.74) is 6.60. The standard InChI is InChI=1S/C12H14N2O/c13-10-8-11(10)14-12(15)7-6-9-4-2-1-3-5-9/h1-7,10-11H,8,13H2,(H,14,15)/b7-6+. The quantitative estimate of drug-likeness (QED) is 0.716. The van der Waals surface area contributed by atoms with E-state index in [1.54, 1.807) is 12.2 Å². The van der Waals surface area contributed by atoms with Gasteiger partial charge >= 0.3 is 0 Å². The van der Waals surface area contributed by atoms with Crippen molar-refractivity contribution in [3.63, 3.8) is 0 Å². The van der Waals surface area contributed by atoms with Gasteiger partial charge in [-0.2, -0.15) is 0 Å². The highest BCUT2D eigenvalue weighted by atomic mass is 16.1. The molecule has 1 fully saturated rings. The minimum absolute atomic E-state index is 0.0724. The third-order valence-corrected chi connectivity index (χ3v) is 2.39. The predicted molar refractivity (Wildman–Crippen MR) is 60.0 cm³/mol. The van der Waals surface area contributed by atoms with Crippen LogP contribution >= 0.6 is 0 Å². The lowest BCUT2D eigenvalue weighted by molar-refractivity contribution is -0.116. The van der Waals surface area contributed by atoms with Crippen molar-refractivity contribution in [3.8, 4) is 0 Å². The first-order valence-electron chi connectivity index (χ1n) is 5.05. The van der Waals surface area contributed by atoms with E-state index in [0.29, 0.717) is 0 Å². The maximum atomic E-state index is 11.4. The molecule has 0 bridgehead atoms. The second-order valence-electron chi connectivity index (χ2n) is 3.76. The number of nitrogens with two attached hydrogens (primary N) is 1. The topological polar surface area (TPSA) is 55.1 Å². The molecule has 3 nitrogen and oxygen atoms in total. The molecule has 1 aliphatic rings. The number of carbonyl (C=O) groups is 1. The van der Waals surface area contributed by atoms with Crippen molar-refractivity contribution >= 4 is 12.0 Å². The van der Waals surface area contributed by atoms with Crippen LogP contribution in [0.5, 0.6) is 0 Å². The average Bonchev–Trinajstić information content (AvgIpc) is 2.93. The van der Waals surface area contributed by atoms with Gasteiger partial charge in [0.1, 0.15) is 0 Å². The van der Waals surface area contributed by atoms with Crippen LogP contribution in [-0.2, 0) is 4.79 Å². The predicted octanol–water partition coefficient (Wildman–Crippen LogP) is 0.916. The lowest BCUT2D eigenvalue weighted by Crippen LogP contribution is -2.27. The Morgan fingerprint density at radius 1 is 1.40 bits per heavy atom. The molecule has 2 atom stereocenters. The molecule has 2 rings (SSSR count). The summed E-state index contributed by atoms with van der Waals surface area (Å²) >= 11 is 0. The molecule has 2 unspecified atom stereocenters. The highest BCUT2D eigenvalue weighted by molar-refractivity contribution is 5.92. The lowest BCUT2D eigenvalue weighted by atomic mass is 10.2. The van der Waals surface area contributed by atoms with Gasteiger partial charge in [0, 0.05) is 18.2 Å². The van der Waals surface area contributed by atoms with Crippen molar-refractivity contribution in [2.75, 3.05) is 0 Å². The van der Waals surface area contributed by atoms with Gasteiger partial charge in [-0.3, -0.25) is 4.79 Å². The van der Waals surface area contributed by atoms with Gasteiger partial charge in [0.2, 0.25) is 5.91 Å². The van der Waals surface area contributed by atoms with Crippen molar-refractivity contribution in [3.05, 3.63) is 42.0 Å². The van der Waals surface area contributed by atoms with Crippen LogP contribution in [0.2, 0.25) is 0 Å². The van der Waals surface area contributed by atoms with Crippen LogP contribution in [0, 0.1) is 0 Å². The van der Waals surface area contributed by atoms with Crippen LogP contribution in [-0.4, -0.2) is 18.0 Å². The van der Waals surface area contributed by atoms with Crippen molar-refractivity contribution in [2.45, 2.75) is 18.5 Å². The van der Waals surface area contributed by atoms with Gasteiger partial charge in [-0.15, -0.1) is 0 Å². The van der Waals surface area contributed by atoms with Crippen LogP contribution < -0.4 is 11.1 Å². The molecule has 3 heteroatoms. The summed E-state index contributed by atoms with van der Waals surface area (Å²) in [4.78, 5) is 11.4. The zero-order valence-corrected chi connectivity index (χ0v) is 8.39. The number of hydrogen-bond acceptors (Lipinski definition) is 2. The van der Waals surface area contributed by atoms with E-state index in [2.05, 4.69) is 5.32 Å². The van der Waals surface area contributed by atoms with Crippen LogP contribution in [0.25, 0.3) is 6.08 Å². The normalized spacial score (nSPS) is 24.1. The van der Waals surface area contributed by atoms with Crippen LogP contribution in [0.3, 0.4) is 0 Å². The second kappa shape index (κ2) is 4.28. The maximum Gasteiger partial charge on any atom is 0.244 e. The fourth-order valence-electron chi connectivity index (χ4n) is 1.35. The van der Waals surface area contributed by atoms with Gasteiger partial charge in [-0.25, -0.2) is 0 Å². The van der Waals surface area contributed by atoms with Crippen LogP contribution in [0.4, 0.5) is 0 Å². The molecule has 78 valence electrons. The van der Waals surface area contributed by atoms with E-state index >= 15 is 0 Å². The van der Waals surface area contributed by atoms with E-state index in [0.717, 1.165) is 12.0 Å². The number of carbonyl (C=O) groups excluding carboxylic acids is 1. The van der Waals surface area contributed by atoms with E-state index < -0.39 is 0 Å². The Kier molecular flexibility index (Phi) is 2.83. The minimum Gasteiger partial charge on any atom is -0.348 e. The Morgan fingerprint density at radius 2 is 2.07 bits per heavy atom. The summed E-state index contributed by atoms with van der Waals surface area (Å²) in [6, 6.07) is 10.1. The van der Waals surface area contributed by atoms with Crippen LogP contribution in [0.1, 0.15) is 12.0 Å². The number of amides is 1. The van der Waals surface area contributed by atoms with E-state index in [-0.39, 0.29) is 18.0 Å². The van der Waals surface area contributed by atoms with Gasteiger partial charge in [0.05, 0.1) is 0 Å². The molecular weight excluding hydrogens is 188 g/mol. The zero-order chi connectivity index (χ0) is 10.7. The molecule has 3 N–H and O–H groups in total. The van der Waals surface area contributed by atoms with E-state index in [1.807, 2.05) is 30.3 Å². The van der Waals surface area contributed by atoms with Crippen LogP contribution in [0.15, 0.2) is 36.4 Å². The first-order chi connectivity index (χ1) is 7.25. The fraction of sp³-hybridized carbons (Fsp3) is 0.250. The molecule has 15 heavy (non-hydrogen) atoms. The minimum atomic E-state index is -0.0724. The Bertz CT molecular complexity index is 372. The van der Waals surface area contributed by atoms with Gasteiger partial charge in [0.15, 0.2) is 0 Å². The highest BCUT2D eigenvalue weighted by Gasteiger charge is 2.34. The molecule has 1 aliphatic carbocycles. The lowest BCUT2D eigenvalue weighted by Gasteiger charge is -1.97. The van der Waals surface area contributed by atoms with Gasteiger partial charge < -0.3 is 11.1 Å². The van der Waals surface area contributed by atoms with Gasteiger partial charge in [-0.1, -0.05) is 30.3 Å². The highest BCUT2D eigenvalue weighted by Crippen LogP contribution is 2.17. The van der Waals surface area contributed by atoms with E-state index in [4.69, 9.17) is 5.73 Å². The van der Waals surface area contributed by atoms with Gasteiger partial charge in [0.25, 0.3) is 0 Å². The zero-order valence-electron chi connectivity index (χ0n) is 8.39. The van der Waals surface area contributed by atoms with Crippen molar-refractivity contribution in [1.29, 1.82) is 0 Å². The van der Waals surface area contributed by atoms with Crippen molar-refractivity contribution in [2.24, 2.45) is 5.73 Å². The maximum absolute atomic E-state index is 11.4. The molecule has 1 aromatic carbocycles. The number of benzene rings is 1. The summed E-state index contributed by atoms with van der Waals surface area (Å²) in [7, 11) is 0. The second-order valence-corrected chi connectivity index (χ2v) is 3.76. The first kappa shape index (κ1) is 9.93. The summed E-state index contributed by atoms with van der Waals surface area (Å²) < 4.78 is 0. The summed E-state index contributed by atoms with van der Waals surface area (Å²) in [5, 5.41) is 2.82. The Labute approximate surface area is 89.0 Å². The Balaban J connectivity index is 1.86. The molecule has 0 saturated heterocycles. The van der Waals surface area contributed by atoms with Crippen molar-refractivity contribution in [1.82, 2.24) is 5.32 Å². The number of rotatable bonds is 3. The average molecular weight is 202 g/mol. The molecule has 0 radical (unpaired) electrons. The Hall–Kier alpha value is -1.61. The number of nitrogens with one attached hydrogen (secondary N) is 1. The van der Waals surface area contributed by atoms with Gasteiger partial charge in [-0.05, 0) is 18.1 Å². The molecule has 1 aromatic rings. The third kappa shape index (κ3) is 2.92. The molecule has 1 saturated carbocycles. The van der Waals surface area contributed by atoms with E-state index in [1.165, 1.54) is 0 Å². The summed E-state index contributed by atoms with van der Waals surface area (Å²) in [5.74, 6) is -0.0724. The van der Waals surface area contributed by atoms with Crippen molar-refractivity contribution < 1.29 is 4.79 Å². The monoisotopic (exact) mass is 202 g/mol. The fourth-order valence-corrected chi connectivity index (χ4v) is 1.35. The molecule has 0 heterocycles. The third-order valence-electron chi connectivity index (χ3n) is 2.39. The largest absolute Gasteiger partial charge is 0.348 e. The molecule has 0 aromatic heterocycles. The SMILES string of the molecule is NC1CC1NC(=O)/C=C/c1ccccc1. The molecular formula is C12H14N2O.